The van der Waals surface area contributed by atoms with E-state index in [1.165, 1.54) is 10.4 Å². The van der Waals surface area contributed by atoms with Gasteiger partial charge >= 0.3 is 0 Å². The lowest BCUT2D eigenvalue weighted by Crippen LogP contribution is -2.37. The maximum Gasteiger partial charge on any atom is 0.223 e. The van der Waals surface area contributed by atoms with Crippen molar-refractivity contribution in [3.63, 3.8) is 0 Å². The Labute approximate surface area is 140 Å². The Balaban J connectivity index is 0.00000176. The molecule has 0 spiro atoms. The zero-order valence-corrected chi connectivity index (χ0v) is 14.1. The number of nitrogens with zero attached hydrogens (tertiary/aromatic N) is 2. The van der Waals surface area contributed by atoms with Crippen LogP contribution >= 0.6 is 23.7 Å². The van der Waals surface area contributed by atoms with Gasteiger partial charge in [0.1, 0.15) is 0 Å². The van der Waals surface area contributed by atoms with E-state index >= 15 is 0 Å². The number of rotatable bonds is 3. The Morgan fingerprint density at radius 3 is 2.64 bits per heavy atom. The predicted molar refractivity (Wildman–Crippen MR) is 89.1 cm³/mol. The van der Waals surface area contributed by atoms with Crippen LogP contribution in [0, 0.1) is 0 Å². The van der Waals surface area contributed by atoms with Gasteiger partial charge in [-0.3, -0.25) is 9.59 Å². The summed E-state index contributed by atoms with van der Waals surface area (Å²) in [6.45, 7) is 2.83. The molecule has 0 saturated carbocycles. The number of carbonyl (C=O) groups is 2. The van der Waals surface area contributed by atoms with Crippen molar-refractivity contribution < 1.29 is 9.59 Å². The highest BCUT2D eigenvalue weighted by Crippen LogP contribution is 2.24. The highest BCUT2D eigenvalue weighted by atomic mass is 35.5. The average Bonchev–Trinajstić information content (AvgIpc) is 3.12. The number of amides is 2. The molecule has 122 valence electrons. The van der Waals surface area contributed by atoms with Gasteiger partial charge in [-0.15, -0.1) is 23.7 Å². The third-order valence-corrected chi connectivity index (χ3v) is 5.31. The molecule has 0 aliphatic carbocycles. The van der Waals surface area contributed by atoms with Crippen molar-refractivity contribution in [2.24, 2.45) is 5.73 Å². The van der Waals surface area contributed by atoms with Crippen molar-refractivity contribution >= 4 is 35.6 Å². The summed E-state index contributed by atoms with van der Waals surface area (Å²) in [5, 5.41) is 2.08. The number of fused-ring (bicyclic) bond motifs is 1. The van der Waals surface area contributed by atoms with Gasteiger partial charge in [0.2, 0.25) is 11.8 Å². The van der Waals surface area contributed by atoms with Crippen molar-refractivity contribution in [2.75, 3.05) is 19.6 Å². The summed E-state index contributed by atoms with van der Waals surface area (Å²) in [5.74, 6) is 0.147. The first-order valence-corrected chi connectivity index (χ1v) is 8.38. The summed E-state index contributed by atoms with van der Waals surface area (Å²) >= 11 is 1.76. The number of hydrogen-bond donors (Lipinski definition) is 1. The third-order valence-electron chi connectivity index (χ3n) is 4.29. The van der Waals surface area contributed by atoms with Gasteiger partial charge in [0.25, 0.3) is 0 Å². The second-order valence-electron chi connectivity index (χ2n) is 5.82. The Hall–Kier alpha value is -1.11. The molecule has 22 heavy (non-hydrogen) atoms. The molecule has 0 bridgehead atoms. The molecule has 2 N–H and O–H groups in total. The highest BCUT2D eigenvalue weighted by molar-refractivity contribution is 7.10. The molecule has 0 radical (unpaired) electrons. The monoisotopic (exact) mass is 343 g/mol. The van der Waals surface area contributed by atoms with E-state index in [2.05, 4.69) is 11.4 Å². The quantitative estimate of drug-likeness (QED) is 0.902. The minimum absolute atomic E-state index is 0. The Morgan fingerprint density at radius 2 is 1.95 bits per heavy atom. The molecule has 1 saturated heterocycles. The fourth-order valence-corrected chi connectivity index (χ4v) is 3.89. The van der Waals surface area contributed by atoms with Crippen LogP contribution in [0.4, 0.5) is 0 Å². The Bertz CT molecular complexity index is 549. The Morgan fingerprint density at radius 1 is 1.23 bits per heavy atom. The second kappa shape index (κ2) is 7.44. The summed E-state index contributed by atoms with van der Waals surface area (Å²) in [4.78, 5) is 29.3. The van der Waals surface area contributed by atoms with Gasteiger partial charge in [-0.1, -0.05) is 0 Å². The Kier molecular flexibility index (Phi) is 5.83. The maximum absolute atomic E-state index is 12.2. The number of nitrogens with two attached hydrogens (primary N) is 1. The molecule has 0 unspecified atom stereocenters. The molecule has 1 aromatic heterocycles. The lowest BCUT2D eigenvalue weighted by molar-refractivity contribution is -0.137. The van der Waals surface area contributed by atoms with Gasteiger partial charge in [-0.25, -0.2) is 0 Å². The first-order chi connectivity index (χ1) is 10.1. The van der Waals surface area contributed by atoms with Crippen molar-refractivity contribution in [3.8, 4) is 0 Å². The van der Waals surface area contributed by atoms with Gasteiger partial charge in [0.15, 0.2) is 0 Å². The van der Waals surface area contributed by atoms with Crippen molar-refractivity contribution in [1.82, 2.24) is 9.80 Å². The van der Waals surface area contributed by atoms with Crippen molar-refractivity contribution in [1.29, 1.82) is 0 Å². The summed E-state index contributed by atoms with van der Waals surface area (Å²) in [6.07, 6.45) is 2.42. The SMILES string of the molecule is Cl.N[C@@H]1CCN(C(=O)CCC(=O)N2CCc3sccc3C2)C1. The molecule has 7 heteroatoms. The number of halogens is 1. The molecule has 1 aromatic rings. The van der Waals surface area contributed by atoms with Crippen LogP contribution in [0.1, 0.15) is 29.7 Å². The molecule has 2 amide bonds. The summed E-state index contributed by atoms with van der Waals surface area (Å²) in [5.41, 5.74) is 7.06. The number of likely N-dealkylation sites (tertiary alicyclic amines) is 1. The first kappa shape index (κ1) is 17.2. The standard InChI is InChI=1S/C15H21N3O2S.ClH/c16-12-3-6-18(10-12)15(20)2-1-14(19)17-7-4-13-11(9-17)5-8-21-13;/h5,8,12H,1-4,6-7,9-10,16H2;1H/t12-;/m1./s1. The fraction of sp³-hybridized carbons (Fsp3) is 0.600. The van der Waals surface area contributed by atoms with Crippen LogP contribution in [0.3, 0.4) is 0 Å². The minimum atomic E-state index is 0. The van der Waals surface area contributed by atoms with Gasteiger partial charge in [-0.05, 0) is 29.9 Å². The topological polar surface area (TPSA) is 66.6 Å². The van der Waals surface area contributed by atoms with Crippen LogP contribution in [0.2, 0.25) is 0 Å². The lowest BCUT2D eigenvalue weighted by Gasteiger charge is -2.27. The molecule has 3 heterocycles. The van der Waals surface area contributed by atoms with Crippen LogP contribution < -0.4 is 5.73 Å². The maximum atomic E-state index is 12.2. The molecule has 1 atom stereocenters. The zero-order valence-electron chi connectivity index (χ0n) is 12.5. The summed E-state index contributed by atoms with van der Waals surface area (Å²) in [6, 6.07) is 2.19. The van der Waals surface area contributed by atoms with Gasteiger partial charge < -0.3 is 15.5 Å². The number of thiophene rings is 1. The van der Waals surface area contributed by atoms with E-state index in [0.717, 1.165) is 25.9 Å². The van der Waals surface area contributed by atoms with Crippen LogP contribution in [0.15, 0.2) is 11.4 Å². The molecular weight excluding hydrogens is 322 g/mol. The molecule has 2 aliphatic rings. The van der Waals surface area contributed by atoms with Crippen LogP contribution in [0.25, 0.3) is 0 Å². The molecule has 2 aliphatic heterocycles. The smallest absolute Gasteiger partial charge is 0.223 e. The molecule has 3 rings (SSSR count). The molecule has 1 fully saturated rings. The van der Waals surface area contributed by atoms with E-state index in [1.54, 1.807) is 16.2 Å². The van der Waals surface area contributed by atoms with E-state index in [1.807, 2.05) is 4.90 Å². The van der Waals surface area contributed by atoms with Crippen molar-refractivity contribution in [2.45, 2.75) is 38.3 Å². The summed E-state index contributed by atoms with van der Waals surface area (Å²) < 4.78 is 0. The zero-order chi connectivity index (χ0) is 14.8. The largest absolute Gasteiger partial charge is 0.341 e. The lowest BCUT2D eigenvalue weighted by atomic mass is 10.1. The molecule has 0 aromatic carbocycles. The second-order valence-corrected chi connectivity index (χ2v) is 6.82. The molecular formula is C15H22ClN3O2S. The van der Waals surface area contributed by atoms with Crippen LogP contribution in [-0.4, -0.2) is 47.3 Å². The fourth-order valence-electron chi connectivity index (χ4n) is 3.01. The average molecular weight is 344 g/mol. The van der Waals surface area contributed by atoms with E-state index in [0.29, 0.717) is 25.9 Å². The highest BCUT2D eigenvalue weighted by Gasteiger charge is 2.25. The van der Waals surface area contributed by atoms with Crippen LogP contribution in [-0.2, 0) is 22.6 Å². The number of carbonyl (C=O) groups excluding carboxylic acids is 2. The predicted octanol–water partition coefficient (Wildman–Crippen LogP) is 1.39. The van der Waals surface area contributed by atoms with Crippen LogP contribution in [0.5, 0.6) is 0 Å². The molecule has 5 nitrogen and oxygen atoms in total. The van der Waals surface area contributed by atoms with Crippen molar-refractivity contribution in [3.05, 3.63) is 21.9 Å². The first-order valence-electron chi connectivity index (χ1n) is 7.50. The number of hydrogen-bond acceptors (Lipinski definition) is 4. The van der Waals surface area contributed by atoms with E-state index in [9.17, 15) is 9.59 Å². The van der Waals surface area contributed by atoms with Gasteiger partial charge in [0, 0.05) is 49.9 Å². The van der Waals surface area contributed by atoms with E-state index in [-0.39, 0.29) is 30.3 Å². The third kappa shape index (κ3) is 3.80. The van der Waals surface area contributed by atoms with Gasteiger partial charge in [0.05, 0.1) is 0 Å². The summed E-state index contributed by atoms with van der Waals surface area (Å²) in [7, 11) is 0. The van der Waals surface area contributed by atoms with Gasteiger partial charge in [-0.2, -0.15) is 0 Å². The normalized spacial score (nSPS) is 20.5. The minimum Gasteiger partial charge on any atom is -0.341 e. The van der Waals surface area contributed by atoms with E-state index in [4.69, 9.17) is 5.73 Å². The van der Waals surface area contributed by atoms with E-state index < -0.39 is 0 Å².